The molecule has 4 rings (SSSR count). The first kappa shape index (κ1) is 30.2. The minimum absolute atomic E-state index is 0.118. The fourth-order valence-corrected chi connectivity index (χ4v) is 4.47. The van der Waals surface area contributed by atoms with Gasteiger partial charge in [0.15, 0.2) is 22.3 Å². The van der Waals surface area contributed by atoms with Crippen molar-refractivity contribution in [1.29, 1.82) is 0 Å². The summed E-state index contributed by atoms with van der Waals surface area (Å²) >= 11 is 0. The zero-order valence-electron chi connectivity index (χ0n) is 23.8. The number of hydrogen-bond donors (Lipinski definition) is 0. The van der Waals surface area contributed by atoms with Crippen molar-refractivity contribution >= 4 is 33.9 Å². The van der Waals surface area contributed by atoms with Gasteiger partial charge in [-0.25, -0.2) is 19.6 Å². The van der Waals surface area contributed by atoms with Gasteiger partial charge in [0.1, 0.15) is 11.6 Å². The molecule has 0 aromatic carbocycles. The topological polar surface area (TPSA) is 158 Å². The Morgan fingerprint density at radius 1 is 0.625 bits per heavy atom. The Bertz CT molecular complexity index is 1660. The highest BCUT2D eigenvalue weighted by molar-refractivity contribution is 5.75. The van der Waals surface area contributed by atoms with Crippen molar-refractivity contribution < 1.29 is 9.59 Å². The minimum Gasteiger partial charge on any atom is -0.328 e. The Kier molecular flexibility index (Phi) is 9.56. The number of unbranched alkanes of at least 4 members (excludes halogenated alkanes) is 2. The zero-order valence-corrected chi connectivity index (χ0v) is 23.8. The maximum Gasteiger partial charge on any atom is 0.332 e. The highest BCUT2D eigenvalue weighted by atomic mass is 16.2. The SMILES string of the molecule is CC(=O)CCCCn1c(=O)c2c(ncn2C)n(C)c1=O.CC(=O)CCCCn1c(=O)c2c(ncn2C)n(C)c1=O. The Hall–Kier alpha value is -4.36. The molecular formula is C26H36N8O6. The zero-order chi connectivity index (χ0) is 29.7. The number of imidazole rings is 2. The third kappa shape index (κ3) is 6.26. The van der Waals surface area contributed by atoms with Gasteiger partial charge in [-0.3, -0.25) is 27.9 Å². The smallest absolute Gasteiger partial charge is 0.328 e. The lowest BCUT2D eigenvalue weighted by Gasteiger charge is -2.08. The minimum atomic E-state index is -0.371. The second-order valence-electron chi connectivity index (χ2n) is 9.97. The van der Waals surface area contributed by atoms with Gasteiger partial charge in [-0.15, -0.1) is 0 Å². The molecule has 0 amide bonds. The van der Waals surface area contributed by atoms with Crippen molar-refractivity contribution in [3.63, 3.8) is 0 Å². The molecule has 0 atom stereocenters. The van der Waals surface area contributed by atoms with Crippen LogP contribution in [0, 0.1) is 0 Å². The van der Waals surface area contributed by atoms with E-state index in [1.54, 1.807) is 37.3 Å². The number of Topliss-reactive ketones (excluding diaryl/α,β-unsaturated/α-hetero) is 2. The molecule has 14 nitrogen and oxygen atoms in total. The predicted molar refractivity (Wildman–Crippen MR) is 149 cm³/mol. The second kappa shape index (κ2) is 12.7. The van der Waals surface area contributed by atoms with E-state index in [2.05, 4.69) is 9.97 Å². The van der Waals surface area contributed by atoms with E-state index < -0.39 is 0 Å². The van der Waals surface area contributed by atoms with Crippen LogP contribution in [-0.4, -0.2) is 48.9 Å². The fraction of sp³-hybridized carbons (Fsp3) is 0.538. The number of carbonyl (C=O) groups is 2. The van der Waals surface area contributed by atoms with Crippen LogP contribution >= 0.6 is 0 Å². The van der Waals surface area contributed by atoms with Crippen LogP contribution in [0.1, 0.15) is 52.4 Å². The molecular weight excluding hydrogens is 520 g/mol. The summed E-state index contributed by atoms with van der Waals surface area (Å²) in [6.07, 6.45) is 6.59. The molecule has 0 spiro atoms. The van der Waals surface area contributed by atoms with E-state index in [1.807, 2.05) is 0 Å². The lowest BCUT2D eigenvalue weighted by molar-refractivity contribution is -0.118. The van der Waals surface area contributed by atoms with Crippen LogP contribution in [0.4, 0.5) is 0 Å². The van der Waals surface area contributed by atoms with Gasteiger partial charge in [0.2, 0.25) is 0 Å². The summed E-state index contributed by atoms with van der Waals surface area (Å²) in [5, 5.41) is 0. The summed E-state index contributed by atoms with van der Waals surface area (Å²) in [7, 11) is 6.65. The van der Waals surface area contributed by atoms with Crippen molar-refractivity contribution in [1.82, 2.24) is 37.4 Å². The van der Waals surface area contributed by atoms with E-state index in [0.29, 0.717) is 73.9 Å². The number of nitrogens with zero attached hydrogens (tertiary/aromatic N) is 8. The van der Waals surface area contributed by atoms with Gasteiger partial charge in [0.05, 0.1) is 12.7 Å². The molecule has 0 bridgehead atoms. The number of ketones is 2. The van der Waals surface area contributed by atoms with Crippen molar-refractivity contribution in [3.8, 4) is 0 Å². The number of fused-ring (bicyclic) bond motifs is 2. The van der Waals surface area contributed by atoms with Crippen LogP contribution in [0.5, 0.6) is 0 Å². The predicted octanol–water partition coefficient (Wildman–Crippen LogP) is 0.386. The lowest BCUT2D eigenvalue weighted by atomic mass is 10.2. The molecule has 4 aromatic heterocycles. The first-order valence-corrected chi connectivity index (χ1v) is 13.1. The average Bonchev–Trinajstić information content (AvgIpc) is 3.48. The van der Waals surface area contributed by atoms with E-state index in [0.717, 1.165) is 0 Å². The van der Waals surface area contributed by atoms with Crippen LogP contribution < -0.4 is 22.5 Å². The molecule has 40 heavy (non-hydrogen) atoms. The van der Waals surface area contributed by atoms with Gasteiger partial charge in [0.25, 0.3) is 11.1 Å². The molecule has 0 radical (unpaired) electrons. The van der Waals surface area contributed by atoms with Crippen LogP contribution in [0.15, 0.2) is 31.8 Å². The van der Waals surface area contributed by atoms with E-state index in [-0.39, 0.29) is 34.1 Å². The normalized spacial score (nSPS) is 11.2. The summed E-state index contributed by atoms with van der Waals surface area (Å²) in [4.78, 5) is 78.9. The number of aromatic nitrogens is 8. The van der Waals surface area contributed by atoms with E-state index in [1.165, 1.54) is 44.8 Å². The van der Waals surface area contributed by atoms with Crippen molar-refractivity contribution in [2.24, 2.45) is 28.2 Å². The van der Waals surface area contributed by atoms with Crippen LogP contribution in [0.25, 0.3) is 22.3 Å². The van der Waals surface area contributed by atoms with Gasteiger partial charge in [0, 0.05) is 54.1 Å². The first-order chi connectivity index (χ1) is 18.9. The molecule has 0 aliphatic heterocycles. The number of rotatable bonds is 10. The second-order valence-corrected chi connectivity index (χ2v) is 9.97. The van der Waals surface area contributed by atoms with Crippen LogP contribution in [0.2, 0.25) is 0 Å². The highest BCUT2D eigenvalue weighted by Crippen LogP contribution is 2.05. The Morgan fingerprint density at radius 3 is 1.30 bits per heavy atom. The number of hydrogen-bond acceptors (Lipinski definition) is 8. The summed E-state index contributed by atoms with van der Waals surface area (Å²) in [6, 6.07) is 0. The van der Waals surface area contributed by atoms with Crippen LogP contribution in [-0.2, 0) is 50.9 Å². The van der Waals surface area contributed by atoms with E-state index in [4.69, 9.17) is 0 Å². The molecule has 4 aromatic rings. The monoisotopic (exact) mass is 556 g/mol. The van der Waals surface area contributed by atoms with Crippen molar-refractivity contribution in [2.45, 2.75) is 65.5 Å². The Labute approximate surface area is 229 Å². The summed E-state index contributed by atoms with van der Waals surface area (Å²) < 4.78 is 8.41. The van der Waals surface area contributed by atoms with Crippen molar-refractivity contribution in [3.05, 3.63) is 54.3 Å². The van der Waals surface area contributed by atoms with E-state index in [9.17, 15) is 28.8 Å². The van der Waals surface area contributed by atoms with Gasteiger partial charge >= 0.3 is 11.4 Å². The molecule has 14 heteroatoms. The molecule has 0 aliphatic carbocycles. The maximum absolute atomic E-state index is 12.3. The molecule has 0 unspecified atom stereocenters. The average molecular weight is 557 g/mol. The Morgan fingerprint density at radius 2 is 0.975 bits per heavy atom. The van der Waals surface area contributed by atoms with Crippen molar-refractivity contribution in [2.75, 3.05) is 0 Å². The highest BCUT2D eigenvalue weighted by Gasteiger charge is 2.15. The van der Waals surface area contributed by atoms with Crippen LogP contribution in [0.3, 0.4) is 0 Å². The third-order valence-electron chi connectivity index (χ3n) is 6.72. The number of carbonyl (C=O) groups excluding carboxylic acids is 2. The largest absolute Gasteiger partial charge is 0.332 e. The molecule has 4 heterocycles. The standard InChI is InChI=1S/2C13H18N4O3/c2*1-9(18)6-4-5-7-17-12(19)10-11(14-8-15(10)2)16(3)13(17)20/h2*8H,4-7H2,1-3H3. The van der Waals surface area contributed by atoms with Gasteiger partial charge in [-0.2, -0.15) is 0 Å². The summed E-state index contributed by atoms with van der Waals surface area (Å²) in [6.45, 7) is 3.71. The number of aryl methyl sites for hydroxylation is 4. The lowest BCUT2D eigenvalue weighted by Crippen LogP contribution is -2.39. The quantitative estimate of drug-likeness (QED) is 0.254. The van der Waals surface area contributed by atoms with E-state index >= 15 is 0 Å². The maximum atomic E-state index is 12.3. The Balaban J connectivity index is 0.000000220. The molecule has 0 N–H and O–H groups in total. The molecule has 0 saturated carbocycles. The molecule has 0 aliphatic rings. The van der Waals surface area contributed by atoms with Gasteiger partial charge < -0.3 is 18.7 Å². The summed E-state index contributed by atoms with van der Waals surface area (Å²) in [5.74, 6) is 0.236. The van der Waals surface area contributed by atoms with Gasteiger partial charge in [-0.05, 0) is 39.5 Å². The summed E-state index contributed by atoms with van der Waals surface area (Å²) in [5.41, 5.74) is 0.215. The molecule has 216 valence electrons. The first-order valence-electron chi connectivity index (χ1n) is 13.1. The van der Waals surface area contributed by atoms with Gasteiger partial charge in [-0.1, -0.05) is 0 Å². The molecule has 0 saturated heterocycles. The molecule has 0 fully saturated rings. The third-order valence-corrected chi connectivity index (χ3v) is 6.72. The fourth-order valence-electron chi connectivity index (χ4n) is 4.47.